The van der Waals surface area contributed by atoms with Crippen LogP contribution in [-0.4, -0.2) is 35.7 Å². The lowest BCUT2D eigenvalue weighted by molar-refractivity contribution is -0.133. The molecule has 146 valence electrons. The number of carbonyl (C=O) groups excluding carboxylic acids is 3. The van der Waals surface area contributed by atoms with Crippen molar-refractivity contribution in [3.8, 4) is 0 Å². The van der Waals surface area contributed by atoms with Gasteiger partial charge in [0.25, 0.3) is 0 Å². The third-order valence-electron chi connectivity index (χ3n) is 4.85. The van der Waals surface area contributed by atoms with Crippen LogP contribution in [0, 0.1) is 5.92 Å². The fraction of sp³-hybridized carbons (Fsp3) is 0.286. The first-order chi connectivity index (χ1) is 13.4. The van der Waals surface area contributed by atoms with Crippen LogP contribution in [0.2, 0.25) is 5.02 Å². The van der Waals surface area contributed by atoms with Gasteiger partial charge in [-0.25, -0.2) is 0 Å². The highest BCUT2D eigenvalue weighted by Gasteiger charge is 2.28. The molecule has 6 nitrogen and oxygen atoms in total. The summed E-state index contributed by atoms with van der Waals surface area (Å²) < 4.78 is 0. The van der Waals surface area contributed by atoms with E-state index in [9.17, 15) is 14.4 Å². The van der Waals surface area contributed by atoms with Crippen molar-refractivity contribution in [2.75, 3.05) is 18.4 Å². The minimum Gasteiger partial charge on any atom is -0.366 e. The first-order valence-electron chi connectivity index (χ1n) is 9.16. The van der Waals surface area contributed by atoms with Gasteiger partial charge in [-0.1, -0.05) is 41.9 Å². The van der Waals surface area contributed by atoms with Crippen LogP contribution >= 0.6 is 11.6 Å². The molecule has 2 aromatic carbocycles. The Kier molecular flexibility index (Phi) is 6.31. The number of likely N-dealkylation sites (tertiary alicyclic amines) is 1. The van der Waals surface area contributed by atoms with E-state index >= 15 is 0 Å². The Morgan fingerprint density at radius 1 is 1.14 bits per heavy atom. The van der Waals surface area contributed by atoms with Gasteiger partial charge in [-0.05, 0) is 36.6 Å². The molecule has 1 aliphatic rings. The predicted molar refractivity (Wildman–Crippen MR) is 108 cm³/mol. The van der Waals surface area contributed by atoms with Crippen molar-refractivity contribution >= 4 is 35.0 Å². The Bertz CT molecular complexity index is 886. The molecule has 1 unspecified atom stereocenters. The number of hydrogen-bond acceptors (Lipinski definition) is 3. The number of amides is 3. The molecule has 0 saturated carbocycles. The van der Waals surface area contributed by atoms with Crippen molar-refractivity contribution in [3.63, 3.8) is 0 Å². The van der Waals surface area contributed by atoms with E-state index in [0.717, 1.165) is 12.0 Å². The molecule has 0 spiro atoms. The Morgan fingerprint density at radius 3 is 2.57 bits per heavy atom. The highest BCUT2D eigenvalue weighted by Crippen LogP contribution is 2.23. The van der Waals surface area contributed by atoms with Gasteiger partial charge in [-0.2, -0.15) is 0 Å². The molecule has 7 heteroatoms. The number of nitrogens with zero attached hydrogens (tertiary/aromatic N) is 1. The second kappa shape index (κ2) is 8.89. The van der Waals surface area contributed by atoms with Crippen molar-refractivity contribution in [2.24, 2.45) is 11.7 Å². The Labute approximate surface area is 168 Å². The third-order valence-corrected chi connectivity index (χ3v) is 5.16. The van der Waals surface area contributed by atoms with Gasteiger partial charge in [0.15, 0.2) is 0 Å². The molecule has 3 rings (SSSR count). The van der Waals surface area contributed by atoms with Crippen LogP contribution in [0.15, 0.2) is 48.5 Å². The van der Waals surface area contributed by atoms with Gasteiger partial charge in [-0.3, -0.25) is 14.4 Å². The van der Waals surface area contributed by atoms with Crippen molar-refractivity contribution in [1.82, 2.24) is 4.90 Å². The predicted octanol–water partition coefficient (Wildman–Crippen LogP) is 2.86. The second-order valence-electron chi connectivity index (χ2n) is 6.89. The summed E-state index contributed by atoms with van der Waals surface area (Å²) in [6.45, 7) is 1.05. The first-order valence-corrected chi connectivity index (χ1v) is 9.54. The Balaban J connectivity index is 1.60. The van der Waals surface area contributed by atoms with Crippen LogP contribution < -0.4 is 11.1 Å². The minimum atomic E-state index is -0.622. The summed E-state index contributed by atoms with van der Waals surface area (Å²) >= 11 is 6.03. The molecule has 28 heavy (non-hydrogen) atoms. The van der Waals surface area contributed by atoms with Gasteiger partial charge < -0.3 is 16.0 Å². The normalized spacial score (nSPS) is 16.5. The maximum Gasteiger partial charge on any atom is 0.250 e. The number of halogens is 1. The summed E-state index contributed by atoms with van der Waals surface area (Å²) in [6.07, 6.45) is 1.83. The van der Waals surface area contributed by atoms with E-state index < -0.39 is 5.91 Å². The molecular weight excluding hydrogens is 378 g/mol. The van der Waals surface area contributed by atoms with Crippen LogP contribution in [0.3, 0.4) is 0 Å². The van der Waals surface area contributed by atoms with E-state index in [0.29, 0.717) is 31.6 Å². The molecule has 3 amide bonds. The quantitative estimate of drug-likeness (QED) is 0.809. The number of rotatable bonds is 5. The standard InChI is InChI=1S/C21H22ClN3O3/c22-18-12-16(8-9-17(18)20(23)27)24-21(28)15-7-4-10-25(13-15)19(26)11-14-5-2-1-3-6-14/h1-3,5-6,8-9,12,15H,4,7,10-11,13H2,(H2,23,27)(H,24,28). The second-order valence-corrected chi connectivity index (χ2v) is 7.30. The first kappa shape index (κ1) is 19.9. The molecule has 1 fully saturated rings. The lowest BCUT2D eigenvalue weighted by atomic mass is 9.96. The number of piperidine rings is 1. The van der Waals surface area contributed by atoms with E-state index in [4.69, 9.17) is 17.3 Å². The smallest absolute Gasteiger partial charge is 0.250 e. The highest BCUT2D eigenvalue weighted by molar-refractivity contribution is 6.34. The summed E-state index contributed by atoms with van der Waals surface area (Å²) in [5, 5.41) is 3.00. The van der Waals surface area contributed by atoms with Gasteiger partial charge in [0, 0.05) is 18.8 Å². The fourth-order valence-corrected chi connectivity index (χ4v) is 3.61. The SMILES string of the molecule is NC(=O)c1ccc(NC(=O)C2CCCN(C(=O)Cc3ccccc3)C2)cc1Cl. The Morgan fingerprint density at radius 2 is 1.89 bits per heavy atom. The van der Waals surface area contributed by atoms with Crippen molar-refractivity contribution in [1.29, 1.82) is 0 Å². The van der Waals surface area contributed by atoms with Crippen molar-refractivity contribution in [3.05, 3.63) is 64.7 Å². The average Bonchev–Trinajstić information content (AvgIpc) is 2.68. The van der Waals surface area contributed by atoms with Crippen LogP contribution in [-0.2, 0) is 16.0 Å². The molecule has 3 N–H and O–H groups in total. The number of nitrogens with two attached hydrogens (primary N) is 1. The monoisotopic (exact) mass is 399 g/mol. The molecule has 1 atom stereocenters. The molecule has 0 aliphatic carbocycles. The molecule has 0 bridgehead atoms. The summed E-state index contributed by atoms with van der Waals surface area (Å²) in [7, 11) is 0. The molecule has 0 aromatic heterocycles. The molecule has 0 radical (unpaired) electrons. The number of carbonyl (C=O) groups is 3. The largest absolute Gasteiger partial charge is 0.366 e. The van der Waals surface area contributed by atoms with Gasteiger partial charge in [0.1, 0.15) is 0 Å². The topological polar surface area (TPSA) is 92.5 Å². The van der Waals surface area contributed by atoms with Gasteiger partial charge in [-0.15, -0.1) is 0 Å². The van der Waals surface area contributed by atoms with Crippen LogP contribution in [0.4, 0.5) is 5.69 Å². The summed E-state index contributed by atoms with van der Waals surface area (Å²) in [5.74, 6) is -1.05. The van der Waals surface area contributed by atoms with Gasteiger partial charge in [0.2, 0.25) is 17.7 Å². The van der Waals surface area contributed by atoms with Gasteiger partial charge in [0.05, 0.1) is 22.9 Å². The molecular formula is C21H22ClN3O3. The summed E-state index contributed by atoms with van der Waals surface area (Å²) in [5.41, 5.74) is 6.89. The maximum atomic E-state index is 12.6. The van der Waals surface area contributed by atoms with E-state index in [1.165, 1.54) is 12.1 Å². The highest BCUT2D eigenvalue weighted by atomic mass is 35.5. The Hall–Kier alpha value is -2.86. The molecule has 1 aliphatic heterocycles. The molecule has 2 aromatic rings. The van der Waals surface area contributed by atoms with Crippen LogP contribution in [0.1, 0.15) is 28.8 Å². The third kappa shape index (κ3) is 4.89. The minimum absolute atomic E-state index is 0.0255. The maximum absolute atomic E-state index is 12.6. The van der Waals surface area contributed by atoms with Crippen LogP contribution in [0.5, 0.6) is 0 Å². The van der Waals surface area contributed by atoms with Crippen molar-refractivity contribution in [2.45, 2.75) is 19.3 Å². The van der Waals surface area contributed by atoms with E-state index in [1.807, 2.05) is 30.3 Å². The number of hydrogen-bond donors (Lipinski definition) is 2. The van der Waals surface area contributed by atoms with Crippen LogP contribution in [0.25, 0.3) is 0 Å². The zero-order chi connectivity index (χ0) is 20.1. The lowest BCUT2D eigenvalue weighted by Gasteiger charge is -2.32. The van der Waals surface area contributed by atoms with E-state index in [-0.39, 0.29) is 28.3 Å². The summed E-state index contributed by atoms with van der Waals surface area (Å²) in [6, 6.07) is 14.1. The average molecular weight is 400 g/mol. The summed E-state index contributed by atoms with van der Waals surface area (Å²) in [4.78, 5) is 38.2. The van der Waals surface area contributed by atoms with Crippen molar-refractivity contribution < 1.29 is 14.4 Å². The number of anilines is 1. The number of nitrogens with one attached hydrogen (secondary N) is 1. The van der Waals surface area contributed by atoms with Gasteiger partial charge >= 0.3 is 0 Å². The zero-order valence-electron chi connectivity index (χ0n) is 15.4. The number of primary amides is 1. The fourth-order valence-electron chi connectivity index (χ4n) is 3.34. The lowest BCUT2D eigenvalue weighted by Crippen LogP contribution is -2.44. The van der Waals surface area contributed by atoms with E-state index in [1.54, 1.807) is 11.0 Å². The zero-order valence-corrected chi connectivity index (χ0v) is 16.1. The number of benzene rings is 2. The molecule has 1 saturated heterocycles. The molecule has 1 heterocycles. The van der Waals surface area contributed by atoms with E-state index in [2.05, 4.69) is 5.32 Å².